The first-order valence-electron chi connectivity index (χ1n) is 10.4. The summed E-state index contributed by atoms with van der Waals surface area (Å²) >= 11 is 1.62. The van der Waals surface area contributed by atoms with Crippen LogP contribution in [0.3, 0.4) is 0 Å². The lowest BCUT2D eigenvalue weighted by Crippen LogP contribution is -2.50. The van der Waals surface area contributed by atoms with Gasteiger partial charge in [-0.25, -0.2) is 4.79 Å². The van der Waals surface area contributed by atoms with Crippen LogP contribution in [0.25, 0.3) is 0 Å². The van der Waals surface area contributed by atoms with Crippen molar-refractivity contribution < 1.29 is 19.1 Å². The number of carbonyl (C=O) groups excluding carboxylic acids is 3. The number of amides is 3. The van der Waals surface area contributed by atoms with Gasteiger partial charge in [-0.1, -0.05) is 30.3 Å². The van der Waals surface area contributed by atoms with Crippen molar-refractivity contribution in [3.63, 3.8) is 0 Å². The molecule has 0 bridgehead atoms. The Balaban J connectivity index is 2.12. The number of thiophene rings is 1. The molecule has 168 valence electrons. The van der Waals surface area contributed by atoms with Gasteiger partial charge < -0.3 is 19.9 Å². The van der Waals surface area contributed by atoms with Crippen molar-refractivity contribution in [1.82, 2.24) is 15.1 Å². The molecule has 0 saturated carbocycles. The third kappa shape index (κ3) is 7.71. The number of carbonyl (C=O) groups is 3. The summed E-state index contributed by atoms with van der Waals surface area (Å²) in [6, 6.07) is 11.1. The van der Waals surface area contributed by atoms with Crippen LogP contribution >= 0.6 is 11.3 Å². The summed E-state index contributed by atoms with van der Waals surface area (Å²) in [6.45, 7) is 8.27. The van der Waals surface area contributed by atoms with Gasteiger partial charge in [0, 0.05) is 17.5 Å². The van der Waals surface area contributed by atoms with Crippen molar-refractivity contribution in [3.05, 3.63) is 57.8 Å². The molecule has 1 heterocycles. The van der Waals surface area contributed by atoms with Gasteiger partial charge in [0.2, 0.25) is 5.91 Å². The average Bonchev–Trinajstić information content (AvgIpc) is 3.14. The van der Waals surface area contributed by atoms with Gasteiger partial charge in [-0.3, -0.25) is 9.59 Å². The molecular formula is C23H31N3O4S. The van der Waals surface area contributed by atoms with E-state index in [0.29, 0.717) is 13.1 Å². The number of esters is 1. The molecule has 2 rings (SSSR count). The molecule has 0 aliphatic heterocycles. The molecule has 8 heteroatoms. The molecule has 1 aromatic carbocycles. The summed E-state index contributed by atoms with van der Waals surface area (Å²) < 4.78 is 4.84. The molecule has 0 unspecified atom stereocenters. The number of nitrogens with one attached hydrogen (secondary N) is 1. The molecule has 1 aromatic heterocycles. The van der Waals surface area contributed by atoms with E-state index in [4.69, 9.17) is 4.74 Å². The molecule has 0 radical (unpaired) electrons. The molecule has 2 aromatic rings. The second-order valence-corrected chi connectivity index (χ2v) is 8.45. The molecule has 7 nitrogen and oxygen atoms in total. The minimum Gasteiger partial charge on any atom is -0.465 e. The minimum atomic E-state index is -0.509. The number of nitrogens with zero attached hydrogens (tertiary/aromatic N) is 2. The Kier molecular flexibility index (Phi) is 9.52. The van der Waals surface area contributed by atoms with Gasteiger partial charge in [-0.2, -0.15) is 0 Å². The SMILES string of the molecule is CCOC(=O)CNC(=O)N(CC(=O)N(Cc1ccccc1)Cc1sccc1C)C(C)C. The van der Waals surface area contributed by atoms with Crippen LogP contribution in [0, 0.1) is 6.92 Å². The second kappa shape index (κ2) is 12.1. The van der Waals surface area contributed by atoms with Gasteiger partial charge in [0.1, 0.15) is 13.1 Å². The van der Waals surface area contributed by atoms with E-state index in [1.165, 1.54) is 4.90 Å². The number of urea groups is 1. The fraction of sp³-hybridized carbons (Fsp3) is 0.435. The van der Waals surface area contributed by atoms with E-state index < -0.39 is 12.0 Å². The van der Waals surface area contributed by atoms with Gasteiger partial charge >= 0.3 is 12.0 Å². The van der Waals surface area contributed by atoms with Crippen LogP contribution in [0.4, 0.5) is 4.79 Å². The highest BCUT2D eigenvalue weighted by Crippen LogP contribution is 2.20. The lowest BCUT2D eigenvalue weighted by Gasteiger charge is -2.30. The molecule has 0 aliphatic carbocycles. The molecule has 1 N–H and O–H groups in total. The topological polar surface area (TPSA) is 79.0 Å². The predicted molar refractivity (Wildman–Crippen MR) is 122 cm³/mol. The zero-order valence-corrected chi connectivity index (χ0v) is 19.4. The molecule has 0 aliphatic rings. The Morgan fingerprint density at radius 1 is 1.10 bits per heavy atom. The molecule has 0 fully saturated rings. The van der Waals surface area contributed by atoms with Crippen molar-refractivity contribution in [2.45, 2.75) is 46.8 Å². The van der Waals surface area contributed by atoms with Crippen LogP contribution in [-0.4, -0.2) is 53.4 Å². The van der Waals surface area contributed by atoms with Crippen LogP contribution in [0.15, 0.2) is 41.8 Å². The van der Waals surface area contributed by atoms with Gasteiger partial charge in [-0.15, -0.1) is 11.3 Å². The molecule has 0 atom stereocenters. The van der Waals surface area contributed by atoms with E-state index in [0.717, 1.165) is 16.0 Å². The molecule has 0 saturated heterocycles. The number of benzene rings is 1. The van der Waals surface area contributed by atoms with E-state index >= 15 is 0 Å². The Labute approximate surface area is 188 Å². The fourth-order valence-electron chi connectivity index (χ4n) is 2.97. The summed E-state index contributed by atoms with van der Waals surface area (Å²) in [5.41, 5.74) is 2.16. The Bertz CT molecular complexity index is 867. The van der Waals surface area contributed by atoms with Crippen molar-refractivity contribution in [3.8, 4) is 0 Å². The molecule has 31 heavy (non-hydrogen) atoms. The number of aryl methyl sites for hydroxylation is 1. The number of hydrogen-bond donors (Lipinski definition) is 1. The first kappa shape index (κ1) is 24.4. The summed E-state index contributed by atoms with van der Waals surface area (Å²) in [5.74, 6) is -0.665. The third-order valence-electron chi connectivity index (χ3n) is 4.75. The zero-order valence-electron chi connectivity index (χ0n) is 18.6. The lowest BCUT2D eigenvalue weighted by molar-refractivity contribution is -0.141. The van der Waals surface area contributed by atoms with Gasteiger partial charge in [0.05, 0.1) is 13.2 Å². The highest BCUT2D eigenvalue weighted by Gasteiger charge is 2.24. The van der Waals surface area contributed by atoms with E-state index in [1.807, 2.05) is 62.5 Å². The molecule has 3 amide bonds. The van der Waals surface area contributed by atoms with Crippen molar-refractivity contribution in [2.24, 2.45) is 0 Å². The summed E-state index contributed by atoms with van der Waals surface area (Å²) in [7, 11) is 0. The van der Waals surface area contributed by atoms with E-state index in [9.17, 15) is 14.4 Å². The first-order chi connectivity index (χ1) is 14.8. The smallest absolute Gasteiger partial charge is 0.325 e. The predicted octanol–water partition coefficient (Wildman–Crippen LogP) is 3.57. The van der Waals surface area contributed by atoms with Crippen molar-refractivity contribution in [2.75, 3.05) is 19.7 Å². The molecule has 0 spiro atoms. The highest BCUT2D eigenvalue weighted by molar-refractivity contribution is 7.10. The van der Waals surface area contributed by atoms with Crippen molar-refractivity contribution >= 4 is 29.2 Å². The summed E-state index contributed by atoms with van der Waals surface area (Å²) in [6.07, 6.45) is 0. The maximum atomic E-state index is 13.3. The quantitative estimate of drug-likeness (QED) is 0.567. The number of ether oxygens (including phenoxy) is 1. The summed E-state index contributed by atoms with van der Waals surface area (Å²) in [4.78, 5) is 41.8. The zero-order chi connectivity index (χ0) is 22.8. The first-order valence-corrected chi connectivity index (χ1v) is 11.2. The fourth-order valence-corrected chi connectivity index (χ4v) is 3.89. The van der Waals surface area contributed by atoms with Gasteiger partial charge in [0.25, 0.3) is 0 Å². The maximum absolute atomic E-state index is 13.3. The molecular weight excluding hydrogens is 414 g/mol. The third-order valence-corrected chi connectivity index (χ3v) is 5.76. The Hall–Kier alpha value is -2.87. The number of hydrogen-bond acceptors (Lipinski definition) is 5. The van der Waals surface area contributed by atoms with Gasteiger partial charge in [-0.05, 0) is 50.3 Å². The van der Waals surface area contributed by atoms with E-state index in [1.54, 1.807) is 23.2 Å². The van der Waals surface area contributed by atoms with Crippen LogP contribution in [-0.2, 0) is 27.4 Å². The highest BCUT2D eigenvalue weighted by atomic mass is 32.1. The van der Waals surface area contributed by atoms with Gasteiger partial charge in [0.15, 0.2) is 0 Å². The lowest BCUT2D eigenvalue weighted by atomic mass is 10.2. The van der Waals surface area contributed by atoms with E-state index in [2.05, 4.69) is 5.32 Å². The Morgan fingerprint density at radius 2 is 1.81 bits per heavy atom. The Morgan fingerprint density at radius 3 is 2.39 bits per heavy atom. The van der Waals surface area contributed by atoms with Crippen LogP contribution < -0.4 is 5.32 Å². The normalized spacial score (nSPS) is 10.6. The van der Waals surface area contributed by atoms with Crippen molar-refractivity contribution in [1.29, 1.82) is 0 Å². The van der Waals surface area contributed by atoms with Crippen LogP contribution in [0.1, 0.15) is 36.8 Å². The standard InChI is InChI=1S/C23H31N3O4S/c1-5-30-22(28)13-24-23(29)26(17(2)3)16-21(27)25(14-19-9-7-6-8-10-19)15-20-18(4)11-12-31-20/h6-12,17H,5,13-16H2,1-4H3,(H,24,29). The van der Waals surface area contributed by atoms with E-state index in [-0.39, 0.29) is 31.6 Å². The largest absolute Gasteiger partial charge is 0.465 e. The van der Waals surface area contributed by atoms with Crippen LogP contribution in [0.5, 0.6) is 0 Å². The monoisotopic (exact) mass is 445 g/mol. The minimum absolute atomic E-state index is 0.0798. The van der Waals surface area contributed by atoms with Crippen LogP contribution in [0.2, 0.25) is 0 Å². The average molecular weight is 446 g/mol. The second-order valence-electron chi connectivity index (χ2n) is 7.45. The maximum Gasteiger partial charge on any atom is 0.325 e. The summed E-state index contributed by atoms with van der Waals surface area (Å²) in [5, 5.41) is 4.55. The number of rotatable bonds is 10.